The highest BCUT2D eigenvalue weighted by Gasteiger charge is 2.24. The molecule has 0 unspecified atom stereocenters. The van der Waals surface area contributed by atoms with E-state index in [4.69, 9.17) is 4.98 Å². The maximum atomic E-state index is 5.50. The molecule has 4 heteroatoms. The van der Waals surface area contributed by atoms with E-state index in [2.05, 4.69) is 163 Å². The molecule has 2 heterocycles. The lowest BCUT2D eigenvalue weighted by atomic mass is 9.80. The van der Waals surface area contributed by atoms with Crippen LogP contribution in [0.1, 0.15) is 104 Å². The van der Waals surface area contributed by atoms with Crippen molar-refractivity contribution in [2.24, 2.45) is 0 Å². The van der Waals surface area contributed by atoms with Crippen molar-refractivity contribution in [2.45, 2.75) is 112 Å². The number of hydrogen-bond acceptors (Lipinski definition) is 2. The van der Waals surface area contributed by atoms with E-state index >= 15 is 0 Å². The Labute approximate surface area is 275 Å². The van der Waals surface area contributed by atoms with Gasteiger partial charge in [0, 0.05) is 23.0 Å². The fourth-order valence-corrected chi connectivity index (χ4v) is 6.48. The van der Waals surface area contributed by atoms with Crippen LogP contribution in [0.15, 0.2) is 72.8 Å². The Bertz CT molecular complexity index is 2030. The van der Waals surface area contributed by atoms with Crippen molar-refractivity contribution in [3.8, 4) is 5.95 Å². The average Bonchev–Trinajstić information content (AvgIpc) is 3.49. The smallest absolute Gasteiger partial charge is 0.215 e. The normalized spacial score (nSPS) is 12.9. The van der Waals surface area contributed by atoms with Gasteiger partial charge in [-0.3, -0.25) is 4.57 Å². The number of fused-ring (bicyclic) bond motifs is 4. The number of nitrogens with one attached hydrogen (secondary N) is 1. The molecule has 0 amide bonds. The largest absolute Gasteiger partial charge is 0.354 e. The Hall–Kier alpha value is -4.05. The SMILES string of the molecule is CCCCn1c(-n2c3ccc(C)cc3c3cc(C(C)(C)C)ccc32)nc2c(Nc3cc(C(C)(C)C)cc(C(C)(C)C)c3)cccc21. The summed E-state index contributed by atoms with van der Waals surface area (Å²) in [6.45, 7) is 26.0. The van der Waals surface area contributed by atoms with Gasteiger partial charge in [0.05, 0.1) is 22.2 Å². The van der Waals surface area contributed by atoms with Crippen LogP contribution in [0.4, 0.5) is 11.4 Å². The Morgan fingerprint density at radius 3 is 1.87 bits per heavy atom. The second-order valence-corrected chi connectivity index (χ2v) is 16.4. The molecule has 0 saturated heterocycles. The van der Waals surface area contributed by atoms with Crippen molar-refractivity contribution in [1.29, 1.82) is 0 Å². The molecule has 4 nitrogen and oxygen atoms in total. The molecule has 0 aliphatic carbocycles. The molecule has 6 aromatic rings. The van der Waals surface area contributed by atoms with E-state index in [0.717, 1.165) is 47.7 Å². The number of benzene rings is 4. The summed E-state index contributed by atoms with van der Waals surface area (Å²) in [5, 5.41) is 6.40. The number of aromatic nitrogens is 3. The van der Waals surface area contributed by atoms with Crippen LogP contribution in [0.3, 0.4) is 0 Å². The molecule has 0 bridgehead atoms. The van der Waals surface area contributed by atoms with Gasteiger partial charge in [0.2, 0.25) is 5.95 Å². The standard InChI is InChI=1S/C42H52N4/c1-12-13-21-45-37-16-14-15-34(43-31-24-29(41(6,7)8)23-30(25-31)42(9,10)11)38(37)44-39(45)46-35-19-17-27(2)22-32(35)33-26-28(40(3,4)5)18-20-36(33)46/h14-20,22-26,43H,12-13,21H2,1-11H3. The molecule has 4 aromatic carbocycles. The fourth-order valence-electron chi connectivity index (χ4n) is 6.48. The molecular formula is C42H52N4. The first kappa shape index (κ1) is 31.9. The summed E-state index contributed by atoms with van der Waals surface area (Å²) in [6, 6.07) is 27.4. The van der Waals surface area contributed by atoms with Gasteiger partial charge in [0.15, 0.2) is 0 Å². The topological polar surface area (TPSA) is 34.8 Å². The minimum absolute atomic E-state index is 0.0420. The highest BCUT2D eigenvalue weighted by Crippen LogP contribution is 2.38. The number of hydrogen-bond donors (Lipinski definition) is 1. The quantitative estimate of drug-likeness (QED) is 0.203. The van der Waals surface area contributed by atoms with E-state index in [0.29, 0.717) is 0 Å². The average molecular weight is 613 g/mol. The molecule has 0 saturated carbocycles. The molecule has 0 spiro atoms. The summed E-state index contributed by atoms with van der Waals surface area (Å²) in [4.78, 5) is 5.50. The predicted octanol–water partition coefficient (Wildman–Crippen LogP) is 11.9. The molecule has 240 valence electrons. The maximum absolute atomic E-state index is 5.50. The van der Waals surface area contributed by atoms with Crippen LogP contribution in [0, 0.1) is 6.92 Å². The van der Waals surface area contributed by atoms with Gasteiger partial charge in [0.25, 0.3) is 0 Å². The first-order valence-corrected chi connectivity index (χ1v) is 17.0. The number of anilines is 2. The third-order valence-electron chi connectivity index (χ3n) is 9.42. The summed E-state index contributed by atoms with van der Waals surface area (Å²) in [5.74, 6) is 0.976. The highest BCUT2D eigenvalue weighted by molar-refractivity contribution is 6.10. The lowest BCUT2D eigenvalue weighted by molar-refractivity contribution is 0.569. The number of unbranched alkanes of at least 4 members (excludes halogenated alkanes) is 1. The first-order valence-electron chi connectivity index (χ1n) is 17.0. The zero-order valence-corrected chi connectivity index (χ0v) is 29.9. The van der Waals surface area contributed by atoms with Crippen molar-refractivity contribution < 1.29 is 0 Å². The monoisotopic (exact) mass is 612 g/mol. The summed E-state index contributed by atoms with van der Waals surface area (Å²) in [6.07, 6.45) is 2.21. The number of aryl methyl sites for hydroxylation is 2. The third kappa shape index (κ3) is 5.83. The zero-order valence-electron chi connectivity index (χ0n) is 29.9. The molecule has 0 radical (unpaired) electrons. The van der Waals surface area contributed by atoms with Crippen LogP contribution >= 0.6 is 0 Å². The second-order valence-electron chi connectivity index (χ2n) is 16.4. The zero-order chi connectivity index (χ0) is 33.2. The molecule has 0 fully saturated rings. The van der Waals surface area contributed by atoms with Crippen molar-refractivity contribution in [3.05, 3.63) is 95.1 Å². The van der Waals surface area contributed by atoms with E-state index in [-0.39, 0.29) is 16.2 Å². The Morgan fingerprint density at radius 2 is 1.26 bits per heavy atom. The molecule has 46 heavy (non-hydrogen) atoms. The van der Waals surface area contributed by atoms with Crippen molar-refractivity contribution in [2.75, 3.05) is 5.32 Å². The molecular weight excluding hydrogens is 560 g/mol. The predicted molar refractivity (Wildman–Crippen MR) is 200 cm³/mol. The summed E-state index contributed by atoms with van der Waals surface area (Å²) in [5.41, 5.74) is 12.1. The van der Waals surface area contributed by atoms with Crippen molar-refractivity contribution >= 4 is 44.2 Å². The Balaban J connectivity index is 1.59. The molecule has 6 rings (SSSR count). The van der Waals surface area contributed by atoms with E-state index in [1.807, 2.05) is 0 Å². The van der Waals surface area contributed by atoms with Gasteiger partial charge < -0.3 is 9.88 Å². The van der Waals surface area contributed by atoms with Crippen LogP contribution in [0.2, 0.25) is 0 Å². The molecule has 0 aliphatic rings. The molecule has 0 aliphatic heterocycles. The molecule has 2 aromatic heterocycles. The van der Waals surface area contributed by atoms with Gasteiger partial charge in [-0.05, 0) is 94.8 Å². The van der Waals surface area contributed by atoms with Crippen molar-refractivity contribution in [1.82, 2.24) is 14.1 Å². The number of nitrogens with zero attached hydrogens (tertiary/aromatic N) is 3. The number of rotatable bonds is 6. The third-order valence-corrected chi connectivity index (χ3v) is 9.42. The van der Waals surface area contributed by atoms with Gasteiger partial charge >= 0.3 is 0 Å². The minimum atomic E-state index is 0.0420. The summed E-state index contributed by atoms with van der Waals surface area (Å²) >= 11 is 0. The maximum Gasteiger partial charge on any atom is 0.215 e. The van der Waals surface area contributed by atoms with E-state index in [1.165, 1.54) is 44.1 Å². The number of para-hydroxylation sites is 1. The van der Waals surface area contributed by atoms with Crippen LogP contribution < -0.4 is 5.32 Å². The Morgan fingerprint density at radius 1 is 0.652 bits per heavy atom. The summed E-state index contributed by atoms with van der Waals surface area (Å²) in [7, 11) is 0. The van der Waals surface area contributed by atoms with E-state index < -0.39 is 0 Å². The van der Waals surface area contributed by atoms with Crippen molar-refractivity contribution in [3.63, 3.8) is 0 Å². The molecule has 0 atom stereocenters. The van der Waals surface area contributed by atoms with Crippen LogP contribution in [0.25, 0.3) is 38.8 Å². The van der Waals surface area contributed by atoms with Gasteiger partial charge in [-0.25, -0.2) is 4.98 Å². The summed E-state index contributed by atoms with van der Waals surface area (Å²) < 4.78 is 4.83. The van der Waals surface area contributed by atoms with E-state index in [9.17, 15) is 0 Å². The first-order chi connectivity index (χ1) is 21.6. The lowest BCUT2D eigenvalue weighted by Crippen LogP contribution is -2.16. The van der Waals surface area contributed by atoms with Gasteiger partial charge in [-0.15, -0.1) is 0 Å². The van der Waals surface area contributed by atoms with Crippen LogP contribution in [-0.4, -0.2) is 14.1 Å². The molecule has 1 N–H and O–H groups in total. The number of imidazole rings is 1. The van der Waals surface area contributed by atoms with E-state index in [1.54, 1.807) is 0 Å². The van der Waals surface area contributed by atoms with Crippen LogP contribution in [-0.2, 0) is 22.8 Å². The minimum Gasteiger partial charge on any atom is -0.354 e. The fraction of sp³-hybridized carbons (Fsp3) is 0.405. The van der Waals surface area contributed by atoms with Gasteiger partial charge in [0.1, 0.15) is 5.52 Å². The van der Waals surface area contributed by atoms with Gasteiger partial charge in [-0.1, -0.05) is 105 Å². The van der Waals surface area contributed by atoms with Gasteiger partial charge in [-0.2, -0.15) is 0 Å². The lowest BCUT2D eigenvalue weighted by Gasteiger charge is -2.26. The highest BCUT2D eigenvalue weighted by atomic mass is 15.2. The second kappa shape index (κ2) is 11.3. The Kier molecular flexibility index (Phi) is 7.86. The van der Waals surface area contributed by atoms with Crippen LogP contribution in [0.5, 0.6) is 0 Å².